The summed E-state index contributed by atoms with van der Waals surface area (Å²) in [6, 6.07) is 0. The van der Waals surface area contributed by atoms with Gasteiger partial charge in [0.15, 0.2) is 6.10 Å². The minimum absolute atomic E-state index is 0.104. The van der Waals surface area contributed by atoms with E-state index in [9.17, 15) is 24.3 Å². The zero-order valence-corrected chi connectivity index (χ0v) is 23.2. The van der Waals surface area contributed by atoms with Gasteiger partial charge in [-0.15, -0.1) is 0 Å². The van der Waals surface area contributed by atoms with Crippen LogP contribution < -0.4 is 16.8 Å². The van der Waals surface area contributed by atoms with Crippen LogP contribution in [0.5, 0.6) is 0 Å². The summed E-state index contributed by atoms with van der Waals surface area (Å²) in [6.45, 7) is 6.89. The Kier molecular flexibility index (Phi) is 11.4. The van der Waals surface area contributed by atoms with Gasteiger partial charge in [0.25, 0.3) is 5.91 Å². The lowest BCUT2D eigenvalue weighted by Crippen LogP contribution is -2.37. The maximum atomic E-state index is 13.2. The molecule has 0 saturated heterocycles. The topological polar surface area (TPSA) is 180 Å². The maximum absolute atomic E-state index is 13.2. The first-order valence-corrected chi connectivity index (χ1v) is 12.6. The fourth-order valence-corrected chi connectivity index (χ4v) is 4.61. The highest BCUT2D eigenvalue weighted by atomic mass is 16.6. The molecule has 2 bridgehead atoms. The lowest BCUT2D eigenvalue weighted by atomic mass is 9.85. The van der Waals surface area contributed by atoms with Crippen LogP contribution in [0, 0.1) is 11.8 Å². The molecular formula is C28H39N3O8. The number of hydrogen-bond donors (Lipinski definition) is 4. The van der Waals surface area contributed by atoms with Gasteiger partial charge >= 0.3 is 6.09 Å². The first-order valence-electron chi connectivity index (χ1n) is 12.6. The van der Waals surface area contributed by atoms with Gasteiger partial charge in [-0.25, -0.2) is 4.79 Å². The van der Waals surface area contributed by atoms with E-state index in [0.717, 1.165) is 6.08 Å². The Morgan fingerprint density at radius 3 is 2.38 bits per heavy atom. The summed E-state index contributed by atoms with van der Waals surface area (Å²) >= 11 is 0. The average Bonchev–Trinajstić information content (AvgIpc) is 2.88. The molecule has 0 aromatic rings. The highest BCUT2D eigenvalue weighted by Crippen LogP contribution is 2.28. The zero-order chi connectivity index (χ0) is 29.4. The molecule has 6 atom stereocenters. The Morgan fingerprint density at radius 1 is 1.13 bits per heavy atom. The van der Waals surface area contributed by atoms with E-state index in [1.807, 2.05) is 6.92 Å². The van der Waals surface area contributed by atoms with E-state index < -0.39 is 53.9 Å². The van der Waals surface area contributed by atoms with Gasteiger partial charge in [-0.1, -0.05) is 38.2 Å². The molecule has 0 aromatic heterocycles. The number of ketones is 2. The van der Waals surface area contributed by atoms with E-state index >= 15 is 0 Å². The third-order valence-corrected chi connectivity index (χ3v) is 6.84. The van der Waals surface area contributed by atoms with Crippen molar-refractivity contribution in [1.29, 1.82) is 0 Å². The predicted octanol–water partition coefficient (Wildman–Crippen LogP) is 1.72. The molecule has 0 aromatic carbocycles. The molecule has 1 heterocycles. The van der Waals surface area contributed by atoms with Crippen LogP contribution in [-0.2, 0) is 28.6 Å². The summed E-state index contributed by atoms with van der Waals surface area (Å²) in [5.41, 5.74) is 11.9. The second-order valence-electron chi connectivity index (χ2n) is 9.97. The number of nitrogens with one attached hydrogen (secondary N) is 1. The fraction of sp³-hybridized carbons (Fsp3) is 0.500. The third kappa shape index (κ3) is 8.22. The predicted molar refractivity (Wildman–Crippen MR) is 144 cm³/mol. The molecule has 0 radical (unpaired) electrons. The molecule has 0 spiro atoms. The number of allylic oxidation sites excluding steroid dienone is 4. The first-order chi connectivity index (χ1) is 18.3. The van der Waals surface area contributed by atoms with Crippen LogP contribution in [0.2, 0.25) is 0 Å². The van der Waals surface area contributed by atoms with Gasteiger partial charge in [-0.05, 0) is 38.2 Å². The normalized spacial score (nSPS) is 33.3. The lowest BCUT2D eigenvalue weighted by Gasteiger charge is -2.29. The molecule has 0 saturated carbocycles. The number of ether oxygens (including phenoxy) is 3. The summed E-state index contributed by atoms with van der Waals surface area (Å²) in [7, 11) is 2.90. The van der Waals surface area contributed by atoms with Crippen molar-refractivity contribution in [2.75, 3.05) is 14.2 Å². The van der Waals surface area contributed by atoms with Crippen molar-refractivity contribution in [3.8, 4) is 0 Å². The molecule has 39 heavy (non-hydrogen) atoms. The lowest BCUT2D eigenvalue weighted by molar-refractivity contribution is -0.120. The van der Waals surface area contributed by atoms with Gasteiger partial charge in [-0.3, -0.25) is 14.4 Å². The number of nitrogens with two attached hydrogens (primary N) is 2. The summed E-state index contributed by atoms with van der Waals surface area (Å²) in [5, 5.41) is 13.6. The number of Topliss-reactive ketones (excluding diaryl/α,β-unsaturated/α-hetero) is 1. The Bertz CT molecular complexity index is 1130. The molecule has 214 valence electrons. The highest BCUT2D eigenvalue weighted by Gasteiger charge is 2.32. The van der Waals surface area contributed by atoms with Crippen molar-refractivity contribution in [3.63, 3.8) is 0 Å². The number of rotatable bonds is 3. The van der Waals surface area contributed by atoms with Gasteiger partial charge in [0.05, 0.1) is 23.6 Å². The molecule has 11 nitrogen and oxygen atoms in total. The van der Waals surface area contributed by atoms with Crippen molar-refractivity contribution in [2.24, 2.45) is 23.3 Å². The van der Waals surface area contributed by atoms with Crippen LogP contribution in [0.15, 0.2) is 58.5 Å². The Hall–Kier alpha value is -3.54. The molecular weight excluding hydrogens is 506 g/mol. The SMILES string of the molecule is CO[C@H]1/C=C\C=C(\C)C(=O)NC2=CC(=O)C(N)=C(C[C@@H](C)C[C@@H](OC)[C@@H](O)[C@@H](C)/C=C(/C)[C@@H]1OC(N)=O)C2=O. The van der Waals surface area contributed by atoms with E-state index in [4.69, 9.17) is 25.7 Å². The monoisotopic (exact) mass is 545 g/mol. The van der Waals surface area contributed by atoms with Crippen molar-refractivity contribution in [3.05, 3.63) is 58.5 Å². The number of amides is 2. The van der Waals surface area contributed by atoms with E-state index in [-0.39, 0.29) is 34.9 Å². The molecule has 2 amide bonds. The van der Waals surface area contributed by atoms with Gasteiger partial charge in [-0.2, -0.15) is 0 Å². The Balaban J connectivity index is 2.58. The van der Waals surface area contributed by atoms with Gasteiger partial charge in [0.2, 0.25) is 11.6 Å². The minimum atomic E-state index is -1.00. The number of aliphatic hydroxyl groups is 1. The number of methoxy groups -OCH3 is 2. The number of carbonyl (C=O) groups is 4. The van der Waals surface area contributed by atoms with E-state index in [2.05, 4.69) is 5.32 Å². The first kappa shape index (κ1) is 31.7. The fourth-order valence-electron chi connectivity index (χ4n) is 4.61. The number of fused-ring (bicyclic) bond motifs is 2. The van der Waals surface area contributed by atoms with E-state index in [1.54, 1.807) is 26.0 Å². The largest absolute Gasteiger partial charge is 0.439 e. The molecule has 0 fully saturated rings. The third-order valence-electron chi connectivity index (χ3n) is 6.84. The number of aliphatic hydroxyl groups excluding tert-OH is 1. The summed E-state index contributed by atoms with van der Waals surface area (Å²) in [4.78, 5) is 50.1. The van der Waals surface area contributed by atoms with Crippen LogP contribution in [0.1, 0.15) is 40.5 Å². The molecule has 2 rings (SSSR count). The van der Waals surface area contributed by atoms with Crippen molar-refractivity contribution in [1.82, 2.24) is 5.32 Å². The molecule has 0 unspecified atom stereocenters. The van der Waals surface area contributed by atoms with E-state index in [0.29, 0.717) is 12.0 Å². The molecule has 2 aliphatic rings. The number of hydrogen-bond acceptors (Lipinski definition) is 9. The van der Waals surface area contributed by atoms with Crippen LogP contribution in [0.4, 0.5) is 4.79 Å². The molecule has 11 heteroatoms. The second-order valence-corrected chi connectivity index (χ2v) is 9.97. The van der Waals surface area contributed by atoms with E-state index in [1.165, 1.54) is 33.3 Å². The van der Waals surface area contributed by atoms with Crippen LogP contribution in [0.25, 0.3) is 0 Å². The summed E-state index contributed by atoms with van der Waals surface area (Å²) < 4.78 is 16.4. The van der Waals surface area contributed by atoms with Gasteiger partial charge in [0, 0.05) is 37.4 Å². The Morgan fingerprint density at radius 2 is 1.79 bits per heavy atom. The number of carbonyl (C=O) groups excluding carboxylic acids is 4. The van der Waals surface area contributed by atoms with Crippen molar-refractivity contribution in [2.45, 2.75) is 65.0 Å². The van der Waals surface area contributed by atoms with Crippen LogP contribution >= 0.6 is 0 Å². The maximum Gasteiger partial charge on any atom is 0.405 e. The van der Waals surface area contributed by atoms with Gasteiger partial charge in [0.1, 0.15) is 6.10 Å². The molecule has 6 N–H and O–H groups in total. The van der Waals surface area contributed by atoms with Crippen LogP contribution in [-0.4, -0.2) is 67.3 Å². The highest BCUT2D eigenvalue weighted by molar-refractivity contribution is 6.23. The Labute approximate surface area is 228 Å². The minimum Gasteiger partial charge on any atom is -0.439 e. The number of primary amides is 1. The molecule has 1 aliphatic heterocycles. The average molecular weight is 546 g/mol. The second kappa shape index (κ2) is 14.0. The molecule has 1 aliphatic carbocycles. The smallest absolute Gasteiger partial charge is 0.405 e. The summed E-state index contributed by atoms with van der Waals surface area (Å²) in [6.07, 6.45) is 3.55. The van der Waals surface area contributed by atoms with Gasteiger partial charge < -0.3 is 36.1 Å². The standard InChI is InChI=1S/C28H39N3O8/c1-14-10-18-23(29)20(32)13-19(25(18)34)31-27(35)15(2)8-7-9-21(37-5)26(39-28(30)36)17(4)12-16(3)24(33)22(11-14)38-6/h7-9,12-14,16,21-22,24,26,33H,10-11,29H2,1-6H3,(H2,30,36)(H,31,35)/b9-7-,15-8-,17-12-/t14-,16+,21+,22-,24+,26+/m1/s1. The quantitative estimate of drug-likeness (QED) is 0.303. The summed E-state index contributed by atoms with van der Waals surface area (Å²) in [5.74, 6) is -2.37. The zero-order valence-electron chi connectivity index (χ0n) is 23.2. The van der Waals surface area contributed by atoms with Crippen molar-refractivity contribution >= 4 is 23.6 Å². The van der Waals surface area contributed by atoms with Crippen molar-refractivity contribution < 1.29 is 38.5 Å². The van der Waals surface area contributed by atoms with Crippen LogP contribution in [0.3, 0.4) is 0 Å².